The highest BCUT2D eigenvalue weighted by Gasteiger charge is 2.18. The normalized spacial score (nSPS) is 12.3. The first-order chi connectivity index (χ1) is 13.1. The van der Waals surface area contributed by atoms with Crippen molar-refractivity contribution in [1.29, 1.82) is 0 Å². The fourth-order valence-electron chi connectivity index (χ4n) is 3.23. The van der Waals surface area contributed by atoms with Crippen LogP contribution in [0.25, 0.3) is 16.5 Å². The van der Waals surface area contributed by atoms with Gasteiger partial charge >= 0.3 is 0 Å². The molecule has 0 bridgehead atoms. The maximum atomic E-state index is 5.48. The van der Waals surface area contributed by atoms with Crippen molar-refractivity contribution in [3.05, 3.63) is 81.3 Å². The van der Waals surface area contributed by atoms with E-state index in [0.717, 1.165) is 27.1 Å². The second-order valence-electron chi connectivity index (χ2n) is 6.39. The fraction of sp³-hybridized carbons (Fsp3) is 0.143. The molecule has 1 atom stereocenters. The van der Waals surface area contributed by atoms with E-state index in [-0.39, 0.29) is 5.92 Å². The summed E-state index contributed by atoms with van der Waals surface area (Å²) in [5, 5.41) is 9.78. The zero-order valence-corrected chi connectivity index (χ0v) is 17.3. The maximum absolute atomic E-state index is 5.48. The zero-order chi connectivity index (χ0) is 19.0. The van der Waals surface area contributed by atoms with Crippen LogP contribution in [0.4, 0.5) is 0 Å². The van der Waals surface area contributed by atoms with Gasteiger partial charge in [-0.25, -0.2) is 0 Å². The van der Waals surface area contributed by atoms with Gasteiger partial charge in [0, 0.05) is 16.1 Å². The van der Waals surface area contributed by atoms with Crippen molar-refractivity contribution >= 4 is 38.9 Å². The lowest BCUT2D eigenvalue weighted by Gasteiger charge is -2.15. The van der Waals surface area contributed by atoms with Crippen LogP contribution in [0.1, 0.15) is 24.2 Å². The number of fused-ring (bicyclic) bond motifs is 1. The van der Waals surface area contributed by atoms with Crippen LogP contribution in [0, 0.1) is 4.77 Å². The highest BCUT2D eigenvalue weighted by molar-refractivity contribution is 9.10. The van der Waals surface area contributed by atoms with E-state index in [2.05, 4.69) is 63.4 Å². The van der Waals surface area contributed by atoms with Crippen LogP contribution in [-0.2, 0) is 0 Å². The molecule has 0 amide bonds. The van der Waals surface area contributed by atoms with Crippen LogP contribution in [0.2, 0.25) is 0 Å². The van der Waals surface area contributed by atoms with E-state index in [9.17, 15) is 0 Å². The van der Waals surface area contributed by atoms with Gasteiger partial charge in [0.25, 0.3) is 0 Å². The molecule has 6 heteroatoms. The highest BCUT2D eigenvalue weighted by Crippen LogP contribution is 2.29. The molecule has 1 aromatic heterocycles. The van der Waals surface area contributed by atoms with Gasteiger partial charge in [0.2, 0.25) is 0 Å². The monoisotopic (exact) mass is 439 g/mol. The molecule has 4 aromatic rings. The van der Waals surface area contributed by atoms with Crippen LogP contribution in [0.15, 0.2) is 65.1 Å². The van der Waals surface area contributed by atoms with Gasteiger partial charge in [-0.15, -0.1) is 0 Å². The Labute approximate surface area is 170 Å². The molecule has 0 aliphatic heterocycles. The van der Waals surface area contributed by atoms with Gasteiger partial charge < -0.3 is 4.74 Å². The summed E-state index contributed by atoms with van der Waals surface area (Å²) >= 11 is 8.96. The minimum Gasteiger partial charge on any atom is -0.497 e. The van der Waals surface area contributed by atoms with E-state index in [1.54, 1.807) is 7.11 Å². The predicted octanol–water partition coefficient (Wildman–Crippen LogP) is 6.01. The van der Waals surface area contributed by atoms with Gasteiger partial charge in [0.1, 0.15) is 11.6 Å². The first-order valence-electron chi connectivity index (χ1n) is 8.58. The van der Waals surface area contributed by atoms with Crippen LogP contribution >= 0.6 is 28.1 Å². The molecule has 0 radical (unpaired) electrons. The second-order valence-corrected chi connectivity index (χ2v) is 7.70. The standard InChI is InChI=1S/C21H18BrN3OS/c1-13(15-4-3-14-5-10-19(26-2)12-16(14)11-15)20-23-24-21(27)25(20)18-8-6-17(22)7-9-18/h3-13H,1-2H3,(H,24,27). The van der Waals surface area contributed by atoms with Gasteiger partial charge in [-0.05, 0) is 65.0 Å². The molecule has 3 aromatic carbocycles. The second kappa shape index (κ2) is 7.29. The van der Waals surface area contributed by atoms with E-state index in [4.69, 9.17) is 17.0 Å². The summed E-state index contributed by atoms with van der Waals surface area (Å²) in [7, 11) is 1.68. The average molecular weight is 440 g/mol. The van der Waals surface area contributed by atoms with Crippen molar-refractivity contribution in [1.82, 2.24) is 14.8 Å². The lowest BCUT2D eigenvalue weighted by Crippen LogP contribution is -2.07. The third-order valence-electron chi connectivity index (χ3n) is 4.74. The Morgan fingerprint density at radius 1 is 1.04 bits per heavy atom. The van der Waals surface area contributed by atoms with Gasteiger partial charge in [-0.2, -0.15) is 5.10 Å². The highest BCUT2D eigenvalue weighted by atomic mass is 79.9. The Morgan fingerprint density at radius 3 is 2.52 bits per heavy atom. The molecule has 27 heavy (non-hydrogen) atoms. The molecule has 4 nitrogen and oxygen atoms in total. The lowest BCUT2D eigenvalue weighted by molar-refractivity contribution is 0.415. The molecule has 0 saturated carbocycles. The number of aromatic nitrogens is 3. The third-order valence-corrected chi connectivity index (χ3v) is 5.54. The molecule has 136 valence electrons. The van der Waals surface area contributed by atoms with Crippen LogP contribution in [-0.4, -0.2) is 21.9 Å². The first kappa shape index (κ1) is 17.9. The number of aromatic amines is 1. The molecule has 0 aliphatic carbocycles. The van der Waals surface area contributed by atoms with E-state index in [1.807, 2.05) is 34.9 Å². The third kappa shape index (κ3) is 3.42. The summed E-state index contributed by atoms with van der Waals surface area (Å²) in [5.41, 5.74) is 2.16. The smallest absolute Gasteiger partial charge is 0.199 e. The van der Waals surface area contributed by atoms with Crippen molar-refractivity contribution < 1.29 is 4.74 Å². The number of ether oxygens (including phenoxy) is 1. The maximum Gasteiger partial charge on any atom is 0.199 e. The largest absolute Gasteiger partial charge is 0.497 e. The number of hydrogen-bond acceptors (Lipinski definition) is 3. The Balaban J connectivity index is 1.79. The minimum atomic E-state index is 0.0668. The molecule has 1 unspecified atom stereocenters. The quantitative estimate of drug-likeness (QED) is 0.396. The first-order valence-corrected chi connectivity index (χ1v) is 9.78. The summed E-state index contributed by atoms with van der Waals surface area (Å²) in [6.07, 6.45) is 0. The number of nitrogens with zero attached hydrogens (tertiary/aromatic N) is 2. The summed E-state index contributed by atoms with van der Waals surface area (Å²) in [4.78, 5) is 0. The van der Waals surface area contributed by atoms with Crippen molar-refractivity contribution in [2.45, 2.75) is 12.8 Å². The molecular weight excluding hydrogens is 422 g/mol. The van der Waals surface area contributed by atoms with Crippen molar-refractivity contribution in [2.24, 2.45) is 0 Å². The molecule has 0 spiro atoms. The number of halogens is 1. The van der Waals surface area contributed by atoms with Crippen LogP contribution < -0.4 is 4.74 Å². The SMILES string of the molecule is COc1ccc2ccc(C(C)c3n[nH]c(=S)n3-c3ccc(Br)cc3)cc2c1. The molecule has 4 rings (SSSR count). The van der Waals surface area contributed by atoms with Gasteiger partial charge in [0.05, 0.1) is 7.11 Å². The van der Waals surface area contributed by atoms with E-state index in [0.29, 0.717) is 4.77 Å². The summed E-state index contributed by atoms with van der Waals surface area (Å²) in [6, 6.07) is 20.6. The number of H-pyrrole nitrogens is 1. The topological polar surface area (TPSA) is 42.8 Å². The minimum absolute atomic E-state index is 0.0668. The molecule has 0 aliphatic rings. The van der Waals surface area contributed by atoms with E-state index < -0.39 is 0 Å². The van der Waals surface area contributed by atoms with Crippen LogP contribution in [0.5, 0.6) is 5.75 Å². The number of nitrogens with one attached hydrogen (secondary N) is 1. The van der Waals surface area contributed by atoms with Gasteiger partial charge in [0.15, 0.2) is 4.77 Å². The summed E-state index contributed by atoms with van der Waals surface area (Å²) < 4.78 is 8.96. The molecule has 1 N–H and O–H groups in total. The van der Waals surface area contributed by atoms with Gasteiger partial charge in [-0.1, -0.05) is 47.1 Å². The summed E-state index contributed by atoms with van der Waals surface area (Å²) in [5.74, 6) is 1.80. The lowest BCUT2D eigenvalue weighted by atomic mass is 9.97. The average Bonchev–Trinajstić information content (AvgIpc) is 3.08. The van der Waals surface area contributed by atoms with Gasteiger partial charge in [-0.3, -0.25) is 9.67 Å². The Bertz CT molecular complexity index is 1160. The van der Waals surface area contributed by atoms with Crippen molar-refractivity contribution in [3.63, 3.8) is 0 Å². The van der Waals surface area contributed by atoms with E-state index in [1.165, 1.54) is 10.9 Å². The molecule has 0 fully saturated rings. The zero-order valence-electron chi connectivity index (χ0n) is 14.9. The fourth-order valence-corrected chi connectivity index (χ4v) is 3.74. The molecule has 1 heterocycles. The number of benzene rings is 3. The van der Waals surface area contributed by atoms with Crippen molar-refractivity contribution in [2.75, 3.05) is 7.11 Å². The van der Waals surface area contributed by atoms with Crippen molar-refractivity contribution in [3.8, 4) is 11.4 Å². The molecule has 0 saturated heterocycles. The molecular formula is C21H18BrN3OS. The number of methoxy groups -OCH3 is 1. The Kier molecular flexibility index (Phi) is 4.85. The number of hydrogen-bond donors (Lipinski definition) is 1. The predicted molar refractivity (Wildman–Crippen MR) is 114 cm³/mol. The Morgan fingerprint density at radius 2 is 1.78 bits per heavy atom. The van der Waals surface area contributed by atoms with E-state index >= 15 is 0 Å². The number of rotatable bonds is 4. The Hall–Kier alpha value is -2.44. The van der Waals surface area contributed by atoms with Crippen LogP contribution in [0.3, 0.4) is 0 Å². The summed E-state index contributed by atoms with van der Waals surface area (Å²) in [6.45, 7) is 2.14.